The van der Waals surface area contributed by atoms with Crippen molar-refractivity contribution in [1.82, 2.24) is 10.6 Å². The summed E-state index contributed by atoms with van der Waals surface area (Å²) >= 11 is 0. The van der Waals surface area contributed by atoms with Crippen molar-refractivity contribution >= 4 is 12.2 Å². The van der Waals surface area contributed by atoms with Gasteiger partial charge in [-0.15, -0.1) is 0 Å². The molecular weight excluding hydrogens is 332 g/mol. The van der Waals surface area contributed by atoms with Crippen LogP contribution in [0.5, 0.6) is 0 Å². The molecule has 1 aromatic rings. The smallest absolute Gasteiger partial charge is 0.407 e. The van der Waals surface area contributed by atoms with E-state index in [9.17, 15) is 14.7 Å². The first-order chi connectivity index (χ1) is 12.1. The SMILES string of the molecule is CC(C)(C)[C@@H]1[C@@H](NC(=O)[O-])CCC[C@@]1(C)NC(=O)OCc1ccccc1. The first kappa shape index (κ1) is 20.1. The van der Waals surface area contributed by atoms with Crippen LogP contribution in [-0.2, 0) is 11.3 Å². The maximum Gasteiger partial charge on any atom is 0.407 e. The molecule has 2 amide bonds. The summed E-state index contributed by atoms with van der Waals surface area (Å²) in [6.07, 6.45) is 0.541. The highest BCUT2D eigenvalue weighted by atomic mass is 16.5. The van der Waals surface area contributed by atoms with E-state index in [1.807, 2.05) is 37.3 Å². The van der Waals surface area contributed by atoms with E-state index in [-0.39, 0.29) is 24.0 Å². The monoisotopic (exact) mass is 361 g/mol. The summed E-state index contributed by atoms with van der Waals surface area (Å²) in [5.74, 6) is -0.0917. The van der Waals surface area contributed by atoms with Crippen molar-refractivity contribution in [3.63, 3.8) is 0 Å². The van der Waals surface area contributed by atoms with Gasteiger partial charge in [-0.1, -0.05) is 51.1 Å². The quantitative estimate of drug-likeness (QED) is 0.863. The van der Waals surface area contributed by atoms with Crippen LogP contribution in [0, 0.1) is 11.3 Å². The zero-order valence-electron chi connectivity index (χ0n) is 16.0. The van der Waals surface area contributed by atoms with Crippen molar-refractivity contribution in [2.75, 3.05) is 0 Å². The van der Waals surface area contributed by atoms with Crippen LogP contribution in [0.3, 0.4) is 0 Å². The van der Waals surface area contributed by atoms with Gasteiger partial charge < -0.3 is 25.3 Å². The fraction of sp³-hybridized carbons (Fsp3) is 0.600. The lowest BCUT2D eigenvalue weighted by Gasteiger charge is -2.52. The van der Waals surface area contributed by atoms with E-state index in [0.29, 0.717) is 0 Å². The number of alkyl carbamates (subject to hydrolysis) is 1. The van der Waals surface area contributed by atoms with E-state index in [2.05, 4.69) is 31.4 Å². The molecule has 0 saturated heterocycles. The highest BCUT2D eigenvalue weighted by molar-refractivity contribution is 5.68. The van der Waals surface area contributed by atoms with Crippen LogP contribution in [0.4, 0.5) is 9.59 Å². The number of carbonyl (C=O) groups is 2. The third-order valence-electron chi connectivity index (χ3n) is 5.14. The molecule has 0 spiro atoms. The minimum Gasteiger partial charge on any atom is -0.530 e. The van der Waals surface area contributed by atoms with Crippen LogP contribution in [0.25, 0.3) is 0 Å². The Morgan fingerprint density at radius 1 is 1.27 bits per heavy atom. The molecule has 0 unspecified atom stereocenters. The number of ether oxygens (including phenoxy) is 1. The summed E-state index contributed by atoms with van der Waals surface area (Å²) < 4.78 is 5.37. The van der Waals surface area contributed by atoms with Crippen LogP contribution >= 0.6 is 0 Å². The minimum atomic E-state index is -1.28. The van der Waals surface area contributed by atoms with Gasteiger partial charge in [-0.05, 0) is 37.2 Å². The summed E-state index contributed by atoms with van der Waals surface area (Å²) in [6, 6.07) is 9.22. The minimum absolute atomic E-state index is 0.0917. The maximum atomic E-state index is 12.4. The van der Waals surface area contributed by atoms with Gasteiger partial charge in [0, 0.05) is 17.5 Å². The number of hydrogen-bond donors (Lipinski definition) is 2. The first-order valence-electron chi connectivity index (χ1n) is 9.08. The lowest BCUT2D eigenvalue weighted by atomic mass is 9.60. The van der Waals surface area contributed by atoms with Gasteiger partial charge in [0.25, 0.3) is 0 Å². The number of carbonyl (C=O) groups excluding carboxylic acids is 2. The predicted molar refractivity (Wildman–Crippen MR) is 97.3 cm³/mol. The fourth-order valence-corrected chi connectivity index (χ4v) is 4.45. The van der Waals surface area contributed by atoms with Gasteiger partial charge in [0.15, 0.2) is 0 Å². The Morgan fingerprint density at radius 2 is 1.92 bits per heavy atom. The highest BCUT2D eigenvalue weighted by Gasteiger charge is 2.49. The van der Waals surface area contributed by atoms with Crippen LogP contribution in [0.15, 0.2) is 30.3 Å². The molecular formula is C20H29N2O4-. The molecule has 2 rings (SSSR count). The van der Waals surface area contributed by atoms with Crippen LogP contribution in [0.2, 0.25) is 0 Å². The Morgan fingerprint density at radius 3 is 2.50 bits per heavy atom. The molecule has 144 valence electrons. The van der Waals surface area contributed by atoms with E-state index in [4.69, 9.17) is 4.74 Å². The van der Waals surface area contributed by atoms with Gasteiger partial charge in [-0.25, -0.2) is 4.79 Å². The molecule has 0 aliphatic heterocycles. The Kier molecular flexibility index (Phi) is 6.16. The Hall–Kier alpha value is -2.24. The lowest BCUT2D eigenvalue weighted by Crippen LogP contribution is -2.65. The van der Waals surface area contributed by atoms with Crippen molar-refractivity contribution in [2.45, 2.75) is 65.1 Å². The second-order valence-corrected chi connectivity index (χ2v) is 8.38. The number of amides is 2. The standard InChI is InChI=1S/C20H30N2O4/c1-19(2,3)16-15(21-17(23)24)11-8-12-20(16,4)22-18(25)26-13-14-9-6-5-7-10-14/h5-7,9-10,15-16,21H,8,11-13H2,1-4H3,(H,22,25)(H,23,24)/p-1/t15-,16-,20+/m0/s1. The molecule has 26 heavy (non-hydrogen) atoms. The molecule has 3 atom stereocenters. The number of carboxylic acid groups (broad SMARTS) is 1. The number of benzene rings is 1. The normalized spacial score (nSPS) is 26.0. The predicted octanol–water partition coefficient (Wildman–Crippen LogP) is 2.82. The lowest BCUT2D eigenvalue weighted by molar-refractivity contribution is -0.252. The Balaban J connectivity index is 2.10. The molecule has 1 aliphatic rings. The van der Waals surface area contributed by atoms with Gasteiger partial charge in [0.2, 0.25) is 0 Å². The van der Waals surface area contributed by atoms with Crippen LogP contribution < -0.4 is 15.7 Å². The Bertz CT molecular complexity index is 626. The maximum absolute atomic E-state index is 12.4. The van der Waals surface area contributed by atoms with Gasteiger partial charge in [-0.2, -0.15) is 0 Å². The third-order valence-corrected chi connectivity index (χ3v) is 5.14. The van der Waals surface area contributed by atoms with Gasteiger partial charge >= 0.3 is 6.09 Å². The molecule has 2 N–H and O–H groups in total. The summed E-state index contributed by atoms with van der Waals surface area (Å²) in [7, 11) is 0. The molecule has 1 aromatic carbocycles. The van der Waals surface area contributed by atoms with Crippen LogP contribution in [-0.4, -0.2) is 23.8 Å². The van der Waals surface area contributed by atoms with E-state index < -0.39 is 17.7 Å². The van der Waals surface area contributed by atoms with Crippen molar-refractivity contribution in [2.24, 2.45) is 11.3 Å². The largest absolute Gasteiger partial charge is 0.530 e. The highest BCUT2D eigenvalue weighted by Crippen LogP contribution is 2.44. The number of nitrogens with one attached hydrogen (secondary N) is 2. The van der Waals surface area contributed by atoms with Crippen molar-refractivity contribution in [3.05, 3.63) is 35.9 Å². The fourth-order valence-electron chi connectivity index (χ4n) is 4.45. The average molecular weight is 361 g/mol. The summed E-state index contributed by atoms with van der Waals surface area (Å²) in [5.41, 5.74) is 0.132. The van der Waals surface area contributed by atoms with Crippen molar-refractivity contribution < 1.29 is 19.4 Å². The van der Waals surface area contributed by atoms with Gasteiger partial charge in [-0.3, -0.25) is 0 Å². The molecule has 6 heteroatoms. The zero-order chi connectivity index (χ0) is 19.4. The summed E-state index contributed by atoms with van der Waals surface area (Å²) in [6.45, 7) is 8.34. The second-order valence-electron chi connectivity index (χ2n) is 8.38. The van der Waals surface area contributed by atoms with E-state index in [1.165, 1.54) is 0 Å². The van der Waals surface area contributed by atoms with Gasteiger partial charge in [0.05, 0.1) is 0 Å². The Labute approximate surface area is 155 Å². The molecule has 6 nitrogen and oxygen atoms in total. The molecule has 1 aliphatic carbocycles. The number of hydrogen-bond acceptors (Lipinski definition) is 4. The first-order valence-corrected chi connectivity index (χ1v) is 9.08. The molecule has 1 saturated carbocycles. The zero-order valence-corrected chi connectivity index (χ0v) is 16.0. The second kappa shape index (κ2) is 7.98. The van der Waals surface area contributed by atoms with E-state index in [1.54, 1.807) is 0 Å². The molecule has 0 heterocycles. The van der Waals surface area contributed by atoms with E-state index in [0.717, 1.165) is 24.8 Å². The van der Waals surface area contributed by atoms with Crippen LogP contribution in [0.1, 0.15) is 52.5 Å². The molecule has 0 aromatic heterocycles. The molecule has 0 radical (unpaired) electrons. The van der Waals surface area contributed by atoms with Crippen molar-refractivity contribution in [1.29, 1.82) is 0 Å². The molecule has 0 bridgehead atoms. The van der Waals surface area contributed by atoms with Gasteiger partial charge in [0.1, 0.15) is 12.7 Å². The topological polar surface area (TPSA) is 90.5 Å². The third kappa shape index (κ3) is 5.13. The number of rotatable bonds is 4. The summed E-state index contributed by atoms with van der Waals surface area (Å²) in [5, 5.41) is 16.6. The summed E-state index contributed by atoms with van der Waals surface area (Å²) in [4.78, 5) is 23.5. The molecule has 1 fully saturated rings. The van der Waals surface area contributed by atoms with E-state index >= 15 is 0 Å². The average Bonchev–Trinajstić information content (AvgIpc) is 2.51. The van der Waals surface area contributed by atoms with Crippen molar-refractivity contribution in [3.8, 4) is 0 Å².